The van der Waals surface area contributed by atoms with Gasteiger partial charge in [0.05, 0.1) is 19.0 Å². The van der Waals surface area contributed by atoms with Gasteiger partial charge in [-0.1, -0.05) is 11.6 Å². The van der Waals surface area contributed by atoms with E-state index in [1.165, 1.54) is 0 Å². The second-order valence-corrected chi connectivity index (χ2v) is 4.18. The highest BCUT2D eigenvalue weighted by molar-refractivity contribution is 6.30. The normalized spacial score (nSPS) is 10.3. The Balaban J connectivity index is 2.05. The van der Waals surface area contributed by atoms with Gasteiger partial charge >= 0.3 is 0 Å². The van der Waals surface area contributed by atoms with Gasteiger partial charge in [-0.25, -0.2) is 9.97 Å². The molecule has 0 unspecified atom stereocenters. The molecule has 0 spiro atoms. The molecule has 0 aliphatic heterocycles. The molecule has 2 aromatic rings. The number of nitrogens with two attached hydrogens (primary N) is 1. The Hall–Kier alpha value is -1.65. The molecule has 0 fully saturated rings. The first-order chi connectivity index (χ1) is 8.79. The van der Waals surface area contributed by atoms with Crippen molar-refractivity contribution in [3.8, 4) is 17.1 Å². The van der Waals surface area contributed by atoms with Crippen LogP contribution in [0.25, 0.3) is 11.4 Å². The molecule has 1 heterocycles. The highest BCUT2D eigenvalue weighted by atomic mass is 35.5. The van der Waals surface area contributed by atoms with Crippen molar-refractivity contribution in [2.24, 2.45) is 5.73 Å². The third kappa shape index (κ3) is 3.42. The zero-order valence-electron chi connectivity index (χ0n) is 9.84. The van der Waals surface area contributed by atoms with Crippen LogP contribution in [-0.2, 0) is 0 Å². The quantitative estimate of drug-likeness (QED) is 0.842. The van der Waals surface area contributed by atoms with E-state index in [1.807, 2.05) is 24.3 Å². The van der Waals surface area contributed by atoms with Crippen molar-refractivity contribution in [2.45, 2.75) is 6.42 Å². The lowest BCUT2D eigenvalue weighted by Gasteiger charge is -2.05. The molecule has 1 aromatic carbocycles. The van der Waals surface area contributed by atoms with Gasteiger partial charge in [0.25, 0.3) is 0 Å². The van der Waals surface area contributed by atoms with Gasteiger partial charge in [-0.05, 0) is 37.2 Å². The number of hydrogen-bond acceptors (Lipinski definition) is 4. The Labute approximate surface area is 111 Å². The summed E-state index contributed by atoms with van der Waals surface area (Å²) in [7, 11) is 0. The molecule has 0 bridgehead atoms. The number of nitrogens with zero attached hydrogens (tertiary/aromatic N) is 2. The van der Waals surface area contributed by atoms with Crippen LogP contribution in [0.15, 0.2) is 36.7 Å². The van der Waals surface area contributed by atoms with Crippen LogP contribution < -0.4 is 10.5 Å². The Bertz CT molecular complexity index is 485. The Kier molecular flexibility index (Phi) is 4.50. The Morgan fingerprint density at radius 1 is 1.11 bits per heavy atom. The van der Waals surface area contributed by atoms with Gasteiger partial charge in [-0.2, -0.15) is 0 Å². The largest absolute Gasteiger partial charge is 0.490 e. The predicted molar refractivity (Wildman–Crippen MR) is 71.6 cm³/mol. The molecule has 0 atom stereocenters. The maximum atomic E-state index is 5.82. The van der Waals surface area contributed by atoms with E-state index in [2.05, 4.69) is 9.97 Å². The maximum Gasteiger partial charge on any atom is 0.159 e. The molecule has 94 valence electrons. The van der Waals surface area contributed by atoms with E-state index in [4.69, 9.17) is 22.1 Å². The fraction of sp³-hybridized carbons (Fsp3) is 0.231. The van der Waals surface area contributed by atoms with E-state index in [9.17, 15) is 0 Å². The van der Waals surface area contributed by atoms with Crippen LogP contribution in [0.4, 0.5) is 0 Å². The fourth-order valence-corrected chi connectivity index (χ4v) is 1.54. The first-order valence-corrected chi connectivity index (χ1v) is 6.08. The minimum Gasteiger partial charge on any atom is -0.490 e. The zero-order chi connectivity index (χ0) is 12.8. The first-order valence-electron chi connectivity index (χ1n) is 5.70. The molecule has 4 nitrogen and oxygen atoms in total. The van der Waals surface area contributed by atoms with E-state index in [0.717, 1.165) is 12.0 Å². The molecule has 18 heavy (non-hydrogen) atoms. The monoisotopic (exact) mass is 263 g/mol. The van der Waals surface area contributed by atoms with E-state index in [1.54, 1.807) is 12.4 Å². The fourth-order valence-electron chi connectivity index (χ4n) is 1.41. The van der Waals surface area contributed by atoms with Gasteiger partial charge in [-0.3, -0.25) is 0 Å². The van der Waals surface area contributed by atoms with Crippen molar-refractivity contribution < 1.29 is 4.74 Å². The van der Waals surface area contributed by atoms with Crippen LogP contribution in [0, 0.1) is 0 Å². The third-order valence-corrected chi connectivity index (χ3v) is 2.60. The minimum absolute atomic E-state index is 0.583. The van der Waals surface area contributed by atoms with Gasteiger partial charge < -0.3 is 10.5 Å². The molecule has 2 rings (SSSR count). The summed E-state index contributed by atoms with van der Waals surface area (Å²) in [5.74, 6) is 1.30. The molecule has 2 N–H and O–H groups in total. The van der Waals surface area contributed by atoms with Crippen molar-refractivity contribution in [2.75, 3.05) is 13.2 Å². The lowest BCUT2D eigenvalue weighted by atomic mass is 10.2. The number of aromatic nitrogens is 2. The summed E-state index contributed by atoms with van der Waals surface area (Å²) < 4.78 is 5.43. The highest BCUT2D eigenvalue weighted by Crippen LogP contribution is 2.18. The molecule has 0 radical (unpaired) electrons. The summed E-state index contributed by atoms with van der Waals surface area (Å²) >= 11 is 5.82. The van der Waals surface area contributed by atoms with Gasteiger partial charge in [0, 0.05) is 10.6 Å². The van der Waals surface area contributed by atoms with Gasteiger partial charge in [-0.15, -0.1) is 0 Å². The number of halogens is 1. The number of hydrogen-bond donors (Lipinski definition) is 1. The van der Waals surface area contributed by atoms with Crippen molar-refractivity contribution in [3.63, 3.8) is 0 Å². The molecule has 1 aromatic heterocycles. The second kappa shape index (κ2) is 6.33. The van der Waals surface area contributed by atoms with Crippen molar-refractivity contribution in [1.29, 1.82) is 0 Å². The SMILES string of the molecule is NCCCOc1cnc(-c2ccc(Cl)cc2)nc1. The molecule has 0 aliphatic carbocycles. The Morgan fingerprint density at radius 3 is 2.39 bits per heavy atom. The van der Waals surface area contributed by atoms with Crippen molar-refractivity contribution >= 4 is 11.6 Å². The highest BCUT2D eigenvalue weighted by Gasteiger charge is 2.01. The molecule has 0 saturated heterocycles. The topological polar surface area (TPSA) is 61.0 Å². The van der Waals surface area contributed by atoms with E-state index in [-0.39, 0.29) is 0 Å². The summed E-state index contributed by atoms with van der Waals surface area (Å²) in [6.45, 7) is 1.20. The van der Waals surface area contributed by atoms with Gasteiger partial charge in [0.15, 0.2) is 11.6 Å². The van der Waals surface area contributed by atoms with Crippen molar-refractivity contribution in [1.82, 2.24) is 9.97 Å². The molecule has 0 aliphatic rings. The molecule has 0 amide bonds. The molecular formula is C13H14ClN3O. The number of ether oxygens (including phenoxy) is 1. The van der Waals surface area contributed by atoms with Crippen LogP contribution in [0.5, 0.6) is 5.75 Å². The summed E-state index contributed by atoms with van der Waals surface area (Å²) in [6, 6.07) is 7.39. The van der Waals surface area contributed by atoms with E-state index < -0.39 is 0 Å². The van der Waals surface area contributed by atoms with E-state index in [0.29, 0.717) is 29.7 Å². The predicted octanol–water partition coefficient (Wildman–Crippen LogP) is 2.52. The lowest BCUT2D eigenvalue weighted by molar-refractivity contribution is 0.311. The number of benzene rings is 1. The number of rotatable bonds is 5. The van der Waals surface area contributed by atoms with Gasteiger partial charge in [0.2, 0.25) is 0 Å². The standard InChI is InChI=1S/C13H14ClN3O/c14-11-4-2-10(3-5-11)13-16-8-12(9-17-13)18-7-1-6-15/h2-5,8-9H,1,6-7,15H2. The van der Waals surface area contributed by atoms with Crippen molar-refractivity contribution in [3.05, 3.63) is 41.7 Å². The van der Waals surface area contributed by atoms with Crippen LogP contribution in [0.2, 0.25) is 5.02 Å². The zero-order valence-corrected chi connectivity index (χ0v) is 10.6. The van der Waals surface area contributed by atoms with Crippen LogP contribution in [-0.4, -0.2) is 23.1 Å². The summed E-state index contributed by atoms with van der Waals surface area (Å²) in [5.41, 5.74) is 6.31. The summed E-state index contributed by atoms with van der Waals surface area (Å²) in [4.78, 5) is 8.49. The van der Waals surface area contributed by atoms with Crippen LogP contribution >= 0.6 is 11.6 Å². The molecule has 0 saturated carbocycles. The summed E-state index contributed by atoms with van der Waals surface area (Å²) in [6.07, 6.45) is 4.14. The maximum absolute atomic E-state index is 5.82. The van der Waals surface area contributed by atoms with Crippen LogP contribution in [0.1, 0.15) is 6.42 Å². The third-order valence-electron chi connectivity index (χ3n) is 2.35. The Morgan fingerprint density at radius 2 is 1.78 bits per heavy atom. The molecular weight excluding hydrogens is 250 g/mol. The lowest BCUT2D eigenvalue weighted by Crippen LogP contribution is -2.06. The average Bonchev–Trinajstić information content (AvgIpc) is 2.41. The summed E-state index contributed by atoms with van der Waals surface area (Å²) in [5, 5.41) is 0.695. The van der Waals surface area contributed by atoms with Gasteiger partial charge in [0.1, 0.15) is 0 Å². The minimum atomic E-state index is 0.583. The van der Waals surface area contributed by atoms with E-state index >= 15 is 0 Å². The first kappa shape index (κ1) is 12.8. The second-order valence-electron chi connectivity index (χ2n) is 3.74. The average molecular weight is 264 g/mol. The smallest absolute Gasteiger partial charge is 0.159 e. The van der Waals surface area contributed by atoms with Crippen LogP contribution in [0.3, 0.4) is 0 Å². The molecule has 5 heteroatoms.